The number of nitrogens with two attached hydrogens (primary N) is 1. The van der Waals surface area contributed by atoms with Crippen LogP contribution in [0.3, 0.4) is 0 Å². The zero-order valence-electron chi connectivity index (χ0n) is 11.0. The molecule has 2 rings (SSSR count). The van der Waals surface area contributed by atoms with E-state index in [1.165, 1.54) is 18.2 Å². The minimum atomic E-state index is -0.651. The van der Waals surface area contributed by atoms with E-state index in [2.05, 4.69) is 5.43 Å². The van der Waals surface area contributed by atoms with Crippen LogP contribution in [0.4, 0.5) is 13.2 Å². The molecular weight excluding hydrogens is 301 g/mol. The molecule has 1 unspecified atom stereocenters. The highest BCUT2D eigenvalue weighted by atomic mass is 35.5. The first-order valence-electron chi connectivity index (χ1n) is 6.34. The van der Waals surface area contributed by atoms with Crippen molar-refractivity contribution in [1.29, 1.82) is 0 Å². The van der Waals surface area contributed by atoms with Crippen molar-refractivity contribution < 1.29 is 13.2 Å². The van der Waals surface area contributed by atoms with Gasteiger partial charge in [0, 0.05) is 12.1 Å². The third-order valence-electron chi connectivity index (χ3n) is 3.22. The van der Waals surface area contributed by atoms with Crippen LogP contribution >= 0.6 is 11.6 Å². The Kier molecular flexibility index (Phi) is 5.22. The van der Waals surface area contributed by atoms with E-state index >= 15 is 0 Å². The van der Waals surface area contributed by atoms with Gasteiger partial charge in [-0.25, -0.2) is 13.2 Å². The number of benzene rings is 2. The summed E-state index contributed by atoms with van der Waals surface area (Å²) in [6, 6.07) is 7.60. The van der Waals surface area contributed by atoms with E-state index in [0.717, 1.165) is 6.07 Å². The lowest BCUT2D eigenvalue weighted by Crippen LogP contribution is -2.38. The van der Waals surface area contributed by atoms with E-state index in [9.17, 15) is 13.2 Å². The highest BCUT2D eigenvalue weighted by Gasteiger charge is 2.15. The van der Waals surface area contributed by atoms with Gasteiger partial charge in [-0.05, 0) is 36.1 Å². The van der Waals surface area contributed by atoms with Gasteiger partial charge in [0.05, 0.1) is 5.02 Å². The van der Waals surface area contributed by atoms with Crippen LogP contribution < -0.4 is 11.3 Å². The minimum Gasteiger partial charge on any atom is -0.271 e. The number of rotatable bonds is 5. The Hall–Kier alpha value is -1.56. The molecule has 6 heteroatoms. The van der Waals surface area contributed by atoms with Crippen LogP contribution in [-0.2, 0) is 12.8 Å². The minimum absolute atomic E-state index is 0.0243. The van der Waals surface area contributed by atoms with Crippen LogP contribution in [0, 0.1) is 17.5 Å². The smallest absolute Gasteiger partial charge is 0.145 e. The van der Waals surface area contributed by atoms with Gasteiger partial charge < -0.3 is 0 Å². The highest BCUT2D eigenvalue weighted by Crippen LogP contribution is 2.20. The second kappa shape index (κ2) is 6.93. The first-order valence-corrected chi connectivity index (χ1v) is 6.72. The molecule has 21 heavy (non-hydrogen) atoms. The van der Waals surface area contributed by atoms with E-state index < -0.39 is 23.5 Å². The van der Waals surface area contributed by atoms with Gasteiger partial charge in [-0.2, -0.15) is 0 Å². The van der Waals surface area contributed by atoms with Crippen molar-refractivity contribution in [2.45, 2.75) is 18.9 Å². The molecule has 2 aromatic rings. The van der Waals surface area contributed by atoms with Crippen LogP contribution in [-0.4, -0.2) is 6.04 Å². The monoisotopic (exact) mass is 314 g/mol. The van der Waals surface area contributed by atoms with E-state index in [1.54, 1.807) is 12.1 Å². The molecule has 2 aromatic carbocycles. The molecule has 3 N–H and O–H groups in total. The Morgan fingerprint density at radius 2 is 1.76 bits per heavy atom. The Labute approximate surface area is 125 Å². The molecule has 2 nitrogen and oxygen atoms in total. The van der Waals surface area contributed by atoms with Gasteiger partial charge in [0.1, 0.15) is 17.5 Å². The molecule has 0 saturated carbocycles. The van der Waals surface area contributed by atoms with Crippen molar-refractivity contribution in [3.8, 4) is 0 Å². The molecule has 1 atom stereocenters. The molecule has 0 aromatic heterocycles. The van der Waals surface area contributed by atoms with Crippen molar-refractivity contribution in [2.75, 3.05) is 0 Å². The molecule has 0 radical (unpaired) electrons. The molecule has 0 spiro atoms. The molecule has 0 aliphatic heterocycles. The molecule has 0 fully saturated rings. The van der Waals surface area contributed by atoms with Gasteiger partial charge in [0.15, 0.2) is 0 Å². The summed E-state index contributed by atoms with van der Waals surface area (Å²) in [6.07, 6.45) is 0.439. The summed E-state index contributed by atoms with van der Waals surface area (Å²) < 4.78 is 40.3. The Morgan fingerprint density at radius 1 is 1.05 bits per heavy atom. The molecule has 0 amide bonds. The van der Waals surface area contributed by atoms with Crippen molar-refractivity contribution in [3.63, 3.8) is 0 Å². The average Bonchev–Trinajstić information content (AvgIpc) is 2.45. The zero-order chi connectivity index (χ0) is 15.4. The fourth-order valence-electron chi connectivity index (χ4n) is 2.11. The summed E-state index contributed by atoms with van der Waals surface area (Å²) in [5.74, 6) is 3.62. The van der Waals surface area contributed by atoms with Gasteiger partial charge >= 0.3 is 0 Å². The zero-order valence-corrected chi connectivity index (χ0v) is 11.8. The van der Waals surface area contributed by atoms with E-state index in [4.69, 9.17) is 17.4 Å². The fourth-order valence-corrected chi connectivity index (χ4v) is 2.31. The summed E-state index contributed by atoms with van der Waals surface area (Å²) in [4.78, 5) is 0. The summed E-state index contributed by atoms with van der Waals surface area (Å²) in [7, 11) is 0. The van der Waals surface area contributed by atoms with Crippen LogP contribution in [0.25, 0.3) is 0 Å². The van der Waals surface area contributed by atoms with Crippen LogP contribution in [0.5, 0.6) is 0 Å². The van der Waals surface area contributed by atoms with Crippen LogP contribution in [0.1, 0.15) is 11.1 Å². The van der Waals surface area contributed by atoms with Gasteiger partial charge in [0.25, 0.3) is 0 Å². The lowest BCUT2D eigenvalue weighted by molar-refractivity contribution is 0.491. The molecule has 0 bridgehead atoms. The van der Waals surface area contributed by atoms with Gasteiger partial charge in [0.2, 0.25) is 0 Å². The third kappa shape index (κ3) is 3.97. The standard InChI is InChI=1S/C15H14ClF3N2/c16-13-3-1-2-10(15(13)19)7-12(21-20)6-9-4-5-11(17)8-14(9)18/h1-5,8,12,21H,6-7,20H2. The number of halogens is 4. The first kappa shape index (κ1) is 15.8. The predicted octanol–water partition coefficient (Wildman–Crippen LogP) is 3.37. The topological polar surface area (TPSA) is 38.0 Å². The van der Waals surface area contributed by atoms with Crippen molar-refractivity contribution in [2.24, 2.45) is 5.84 Å². The van der Waals surface area contributed by atoms with E-state index in [0.29, 0.717) is 11.1 Å². The lowest BCUT2D eigenvalue weighted by atomic mass is 9.99. The number of hydrazine groups is 1. The normalized spacial score (nSPS) is 12.4. The fraction of sp³-hybridized carbons (Fsp3) is 0.200. The number of nitrogens with one attached hydrogen (secondary N) is 1. The molecule has 0 aliphatic carbocycles. The maximum Gasteiger partial charge on any atom is 0.145 e. The first-order chi connectivity index (χ1) is 10.0. The second-order valence-corrected chi connectivity index (χ2v) is 5.13. The van der Waals surface area contributed by atoms with Crippen molar-refractivity contribution in [3.05, 3.63) is 70.0 Å². The number of hydrogen-bond acceptors (Lipinski definition) is 2. The highest BCUT2D eigenvalue weighted by molar-refractivity contribution is 6.30. The largest absolute Gasteiger partial charge is 0.271 e. The summed E-state index contributed by atoms with van der Waals surface area (Å²) in [6.45, 7) is 0. The maximum atomic E-state index is 13.8. The molecular formula is C15H14ClF3N2. The SMILES string of the molecule is NNC(Cc1ccc(F)cc1F)Cc1cccc(Cl)c1F. The lowest BCUT2D eigenvalue weighted by Gasteiger charge is -2.17. The molecule has 0 saturated heterocycles. The van der Waals surface area contributed by atoms with Gasteiger partial charge in [-0.15, -0.1) is 0 Å². The average molecular weight is 315 g/mol. The summed E-state index contributed by atoms with van der Waals surface area (Å²) in [5, 5.41) is 0.0243. The van der Waals surface area contributed by atoms with Crippen LogP contribution in [0.15, 0.2) is 36.4 Å². The predicted molar refractivity (Wildman–Crippen MR) is 76.3 cm³/mol. The maximum absolute atomic E-state index is 13.8. The summed E-state index contributed by atoms with van der Waals surface area (Å²) in [5.41, 5.74) is 3.21. The van der Waals surface area contributed by atoms with E-state index in [1.807, 2.05) is 0 Å². The summed E-state index contributed by atoms with van der Waals surface area (Å²) >= 11 is 5.71. The van der Waals surface area contributed by atoms with Gasteiger partial charge in [-0.3, -0.25) is 11.3 Å². The Bertz CT molecular complexity index is 634. The quantitative estimate of drug-likeness (QED) is 0.656. The third-order valence-corrected chi connectivity index (χ3v) is 3.51. The molecule has 0 aliphatic rings. The Balaban J connectivity index is 2.15. The Morgan fingerprint density at radius 3 is 2.43 bits per heavy atom. The number of hydrogen-bond donors (Lipinski definition) is 2. The van der Waals surface area contributed by atoms with Crippen LogP contribution in [0.2, 0.25) is 5.02 Å². The second-order valence-electron chi connectivity index (χ2n) is 4.72. The van der Waals surface area contributed by atoms with E-state index in [-0.39, 0.29) is 17.9 Å². The molecule has 0 heterocycles. The van der Waals surface area contributed by atoms with Crippen molar-refractivity contribution >= 4 is 11.6 Å². The molecule has 112 valence electrons. The van der Waals surface area contributed by atoms with Crippen molar-refractivity contribution in [1.82, 2.24) is 5.43 Å². The van der Waals surface area contributed by atoms with Gasteiger partial charge in [-0.1, -0.05) is 29.8 Å².